The molecule has 1 amide bonds. The smallest absolute Gasteiger partial charge is 0.303 e. The zero-order valence-electron chi connectivity index (χ0n) is 17.3. The van der Waals surface area contributed by atoms with Crippen LogP contribution in [-0.2, 0) is 14.4 Å². The molecule has 8 nitrogen and oxygen atoms in total. The number of aliphatic carboxylic acids is 1. The molecule has 8 heteroatoms. The number of Topliss-reactive ketones (excluding diaryl/α,β-unsaturated/α-hetero) is 1. The number of benzene rings is 2. The number of aliphatic hydroxyl groups excluding tert-OH is 1. The van der Waals surface area contributed by atoms with E-state index in [1.54, 1.807) is 48.5 Å². The summed E-state index contributed by atoms with van der Waals surface area (Å²) in [4.78, 5) is 38.1. The number of likely N-dealkylation sites (tertiary alicyclic amines) is 1. The van der Waals surface area contributed by atoms with Gasteiger partial charge in [-0.3, -0.25) is 14.4 Å². The van der Waals surface area contributed by atoms with E-state index >= 15 is 0 Å². The first-order chi connectivity index (χ1) is 15.5. The Hall–Kier alpha value is -3.81. The third kappa shape index (κ3) is 4.16. The molecule has 1 unspecified atom stereocenters. The van der Waals surface area contributed by atoms with Crippen LogP contribution in [0.5, 0.6) is 11.5 Å². The van der Waals surface area contributed by atoms with Crippen molar-refractivity contribution in [2.45, 2.75) is 31.7 Å². The summed E-state index contributed by atoms with van der Waals surface area (Å²) in [7, 11) is 0. The molecule has 0 aromatic heterocycles. The lowest BCUT2D eigenvalue weighted by Gasteiger charge is -2.25. The number of nitrogens with zero attached hydrogens (tertiary/aromatic N) is 1. The van der Waals surface area contributed by atoms with Crippen molar-refractivity contribution in [1.29, 1.82) is 0 Å². The standard InChI is InChI=1S/C24H23NO7/c26-19(27)9-5-2-6-12-25-21(16-10-11-17-18(13-16)32-14-31-17)20(23(29)24(25)30)22(28)15-7-3-1-4-8-15/h1,3-4,7-8,10-11,13,21,28H,2,5-6,9,12,14H2,(H,26,27). The van der Waals surface area contributed by atoms with E-state index in [0.29, 0.717) is 41.9 Å². The Balaban J connectivity index is 1.69. The molecule has 0 saturated carbocycles. The first-order valence-electron chi connectivity index (χ1n) is 10.4. The van der Waals surface area contributed by atoms with Gasteiger partial charge in [0.05, 0.1) is 11.6 Å². The fourth-order valence-electron chi connectivity index (χ4n) is 4.03. The van der Waals surface area contributed by atoms with E-state index < -0.39 is 23.7 Å². The van der Waals surface area contributed by atoms with Gasteiger partial charge in [0.15, 0.2) is 11.5 Å². The largest absolute Gasteiger partial charge is 0.507 e. The maximum absolute atomic E-state index is 13.0. The van der Waals surface area contributed by atoms with Crippen LogP contribution in [-0.4, -0.2) is 46.1 Å². The highest BCUT2D eigenvalue weighted by Crippen LogP contribution is 2.43. The Kier molecular flexibility index (Phi) is 6.11. The zero-order valence-corrected chi connectivity index (χ0v) is 17.3. The van der Waals surface area contributed by atoms with Gasteiger partial charge in [-0.15, -0.1) is 0 Å². The lowest BCUT2D eigenvalue weighted by atomic mass is 9.95. The fourth-order valence-corrected chi connectivity index (χ4v) is 4.03. The van der Waals surface area contributed by atoms with Gasteiger partial charge < -0.3 is 24.6 Å². The van der Waals surface area contributed by atoms with Crippen molar-refractivity contribution in [1.82, 2.24) is 4.90 Å². The molecule has 0 bridgehead atoms. The lowest BCUT2D eigenvalue weighted by molar-refractivity contribution is -0.140. The van der Waals surface area contributed by atoms with Crippen LogP contribution in [0.15, 0.2) is 54.1 Å². The molecular weight excluding hydrogens is 414 g/mol. The summed E-state index contributed by atoms with van der Waals surface area (Å²) < 4.78 is 10.8. The minimum Gasteiger partial charge on any atom is -0.507 e. The summed E-state index contributed by atoms with van der Waals surface area (Å²) in [6.45, 7) is 0.349. The number of carboxylic acid groups (broad SMARTS) is 1. The van der Waals surface area contributed by atoms with Crippen molar-refractivity contribution < 1.29 is 34.1 Å². The molecule has 0 aliphatic carbocycles. The second kappa shape index (κ2) is 9.13. The van der Waals surface area contributed by atoms with E-state index in [4.69, 9.17) is 14.6 Å². The number of carboxylic acids is 1. The molecule has 2 heterocycles. The van der Waals surface area contributed by atoms with E-state index in [-0.39, 0.29) is 31.1 Å². The number of carbonyl (C=O) groups excluding carboxylic acids is 2. The quantitative estimate of drug-likeness (QED) is 0.281. The zero-order chi connectivity index (χ0) is 22.7. The first kappa shape index (κ1) is 21.4. The van der Waals surface area contributed by atoms with Gasteiger partial charge >= 0.3 is 5.97 Å². The number of fused-ring (bicyclic) bond motifs is 1. The molecule has 2 N–H and O–H groups in total. The van der Waals surface area contributed by atoms with E-state index in [1.807, 2.05) is 0 Å². The van der Waals surface area contributed by atoms with E-state index in [2.05, 4.69) is 0 Å². The number of ether oxygens (including phenoxy) is 2. The number of rotatable bonds is 8. The number of amides is 1. The average molecular weight is 437 g/mol. The van der Waals surface area contributed by atoms with E-state index in [9.17, 15) is 19.5 Å². The maximum Gasteiger partial charge on any atom is 0.303 e. The highest BCUT2D eigenvalue weighted by Gasteiger charge is 2.46. The van der Waals surface area contributed by atoms with Crippen LogP contribution in [0.4, 0.5) is 0 Å². The second-order valence-electron chi connectivity index (χ2n) is 7.68. The predicted octanol–water partition coefficient (Wildman–Crippen LogP) is 3.48. The molecule has 32 heavy (non-hydrogen) atoms. The Labute approximate surface area is 184 Å². The Bertz CT molecular complexity index is 1080. The van der Waals surface area contributed by atoms with Crippen molar-refractivity contribution >= 4 is 23.4 Å². The molecule has 1 atom stereocenters. The highest BCUT2D eigenvalue weighted by molar-refractivity contribution is 6.46. The van der Waals surface area contributed by atoms with Crippen molar-refractivity contribution in [3.05, 3.63) is 65.2 Å². The highest BCUT2D eigenvalue weighted by atomic mass is 16.7. The van der Waals surface area contributed by atoms with Crippen LogP contribution in [0.25, 0.3) is 5.76 Å². The minimum atomic E-state index is -0.867. The Morgan fingerprint density at radius 1 is 0.969 bits per heavy atom. The second-order valence-corrected chi connectivity index (χ2v) is 7.68. The number of hydrogen-bond acceptors (Lipinski definition) is 6. The van der Waals surface area contributed by atoms with Crippen molar-refractivity contribution in [3.8, 4) is 11.5 Å². The molecule has 1 saturated heterocycles. The van der Waals surface area contributed by atoms with Crippen LogP contribution in [0.3, 0.4) is 0 Å². The Morgan fingerprint density at radius 3 is 2.47 bits per heavy atom. The van der Waals surface area contributed by atoms with Crippen LogP contribution in [0.2, 0.25) is 0 Å². The summed E-state index contributed by atoms with van der Waals surface area (Å²) in [6, 6.07) is 13.0. The molecular formula is C24H23NO7. The van der Waals surface area contributed by atoms with Crippen LogP contribution >= 0.6 is 0 Å². The summed E-state index contributed by atoms with van der Waals surface area (Å²) in [5, 5.41) is 19.8. The SMILES string of the molecule is O=C(O)CCCCCN1C(=O)C(=O)C(=C(O)c2ccccc2)C1c1ccc2c(c1)OCO2. The predicted molar refractivity (Wildman–Crippen MR) is 114 cm³/mol. The molecule has 166 valence electrons. The van der Waals surface area contributed by atoms with Gasteiger partial charge in [0.2, 0.25) is 6.79 Å². The normalized spacial score (nSPS) is 18.9. The summed E-state index contributed by atoms with van der Waals surface area (Å²) in [5.41, 5.74) is 1.08. The van der Waals surface area contributed by atoms with Crippen LogP contribution in [0.1, 0.15) is 42.9 Å². The minimum absolute atomic E-state index is 0.0191. The lowest BCUT2D eigenvalue weighted by Crippen LogP contribution is -2.30. The van der Waals surface area contributed by atoms with Crippen LogP contribution in [0, 0.1) is 0 Å². The fraction of sp³-hybridized carbons (Fsp3) is 0.292. The molecule has 1 fully saturated rings. The Morgan fingerprint density at radius 2 is 1.72 bits per heavy atom. The summed E-state index contributed by atoms with van der Waals surface area (Å²) >= 11 is 0. The van der Waals surface area contributed by atoms with Gasteiger partial charge in [-0.25, -0.2) is 0 Å². The maximum atomic E-state index is 13.0. The van der Waals surface area contributed by atoms with Gasteiger partial charge in [-0.2, -0.15) is 0 Å². The molecule has 2 aromatic rings. The number of unbranched alkanes of at least 4 members (excludes halogenated alkanes) is 2. The summed E-state index contributed by atoms with van der Waals surface area (Å²) in [6.07, 6.45) is 1.67. The summed E-state index contributed by atoms with van der Waals surface area (Å²) in [5.74, 6) is -1.46. The monoisotopic (exact) mass is 437 g/mol. The van der Waals surface area contributed by atoms with E-state index in [0.717, 1.165) is 0 Å². The molecule has 2 aliphatic rings. The van der Waals surface area contributed by atoms with Gasteiger partial charge in [0.1, 0.15) is 5.76 Å². The molecule has 0 spiro atoms. The molecule has 2 aliphatic heterocycles. The van der Waals surface area contributed by atoms with Crippen molar-refractivity contribution in [2.75, 3.05) is 13.3 Å². The number of carbonyl (C=O) groups is 3. The topological polar surface area (TPSA) is 113 Å². The van der Waals surface area contributed by atoms with Gasteiger partial charge in [-0.05, 0) is 30.5 Å². The van der Waals surface area contributed by atoms with Crippen LogP contribution < -0.4 is 9.47 Å². The van der Waals surface area contributed by atoms with Gasteiger partial charge in [0, 0.05) is 18.5 Å². The van der Waals surface area contributed by atoms with Crippen molar-refractivity contribution in [2.24, 2.45) is 0 Å². The van der Waals surface area contributed by atoms with Gasteiger partial charge in [-0.1, -0.05) is 42.8 Å². The number of ketones is 1. The number of aliphatic hydroxyl groups is 1. The average Bonchev–Trinajstić information content (AvgIpc) is 3.36. The molecule has 4 rings (SSSR count). The first-order valence-corrected chi connectivity index (χ1v) is 10.4. The van der Waals surface area contributed by atoms with Crippen molar-refractivity contribution in [3.63, 3.8) is 0 Å². The third-order valence-electron chi connectivity index (χ3n) is 5.59. The molecule has 0 radical (unpaired) electrons. The van der Waals surface area contributed by atoms with E-state index in [1.165, 1.54) is 4.90 Å². The molecule has 2 aromatic carbocycles. The third-order valence-corrected chi connectivity index (χ3v) is 5.59. The number of hydrogen-bond donors (Lipinski definition) is 2. The van der Waals surface area contributed by atoms with Gasteiger partial charge in [0.25, 0.3) is 11.7 Å².